The van der Waals surface area contributed by atoms with E-state index in [1.54, 1.807) is 0 Å². The quantitative estimate of drug-likeness (QED) is 0.335. The molecular weight excluding hydrogens is 493 g/mol. The molecule has 0 spiro atoms. The fourth-order valence-electron chi connectivity index (χ4n) is 5.49. The number of nitrogens with zero attached hydrogens (tertiary/aromatic N) is 2. The molecule has 0 bridgehead atoms. The van der Waals surface area contributed by atoms with Crippen LogP contribution in [0.1, 0.15) is 70.5 Å². The van der Waals surface area contributed by atoms with Gasteiger partial charge in [-0.15, -0.1) is 0 Å². The van der Waals surface area contributed by atoms with E-state index < -0.39 is 7.59 Å². The van der Waals surface area contributed by atoms with Gasteiger partial charge in [-0.25, -0.2) is 14.4 Å². The molecule has 2 aliphatic rings. The molecule has 6 heteroatoms. The van der Waals surface area contributed by atoms with E-state index in [1.807, 2.05) is 48.5 Å². The van der Waals surface area contributed by atoms with Crippen molar-refractivity contribution in [3.05, 3.63) is 70.2 Å². The minimum atomic E-state index is -3.08. The van der Waals surface area contributed by atoms with Crippen LogP contribution >= 0.6 is 23.5 Å². The van der Waals surface area contributed by atoms with Crippen molar-refractivity contribution in [2.75, 3.05) is 0 Å². The molecule has 1 aliphatic carbocycles. The summed E-state index contributed by atoms with van der Waals surface area (Å²) in [4.78, 5) is 0. The van der Waals surface area contributed by atoms with Crippen LogP contribution in [-0.2, 0) is 4.57 Å². The molecule has 1 N–H and O–H groups in total. The van der Waals surface area contributed by atoms with Crippen molar-refractivity contribution >= 4 is 23.5 Å². The van der Waals surface area contributed by atoms with Gasteiger partial charge in [0, 0.05) is 34.2 Å². The smallest absolute Gasteiger partial charge is 0.270 e. The molecule has 3 atom stereocenters. The van der Waals surface area contributed by atoms with E-state index in [1.165, 1.54) is 12.8 Å². The van der Waals surface area contributed by atoms with Crippen LogP contribution < -0.4 is 5.09 Å². The Morgan fingerprint density at radius 1 is 0.909 bits per heavy atom. The molecule has 1 aliphatic heterocycles. The van der Waals surface area contributed by atoms with Gasteiger partial charge in [-0.05, 0) is 64.3 Å². The third-order valence-corrected chi connectivity index (χ3v) is 10.8. The summed E-state index contributed by atoms with van der Waals surface area (Å²) in [5.74, 6) is 6.75. The molecule has 1 saturated heterocycles. The average molecular weight is 528 g/mol. The third kappa shape index (κ3) is 5.02. The number of halogens is 1. The van der Waals surface area contributed by atoms with Crippen LogP contribution in [-0.4, -0.2) is 33.5 Å². The predicted octanol–water partition coefficient (Wildman–Crippen LogP) is 6.99. The number of benzene rings is 2. The summed E-state index contributed by atoms with van der Waals surface area (Å²) in [6.45, 7) is 8.69. The number of hydrogen-bond donors (Lipinski definition) is 1. The minimum Gasteiger partial charge on any atom is -0.270 e. The first-order valence-electron chi connectivity index (χ1n) is 12.1. The van der Waals surface area contributed by atoms with E-state index in [2.05, 4.69) is 76.0 Å². The molecular formula is C27H35BrN3OP. The van der Waals surface area contributed by atoms with Gasteiger partial charge < -0.3 is 0 Å². The summed E-state index contributed by atoms with van der Waals surface area (Å²) >= 11 is 3.71. The van der Waals surface area contributed by atoms with Crippen LogP contribution in [0.4, 0.5) is 0 Å². The first-order chi connectivity index (χ1) is 15.8. The van der Waals surface area contributed by atoms with Crippen LogP contribution in [0.2, 0.25) is 0 Å². The zero-order valence-electron chi connectivity index (χ0n) is 20.0. The Hall–Kier alpha value is -1.41. The maximum absolute atomic E-state index is 15.1. The van der Waals surface area contributed by atoms with E-state index in [-0.39, 0.29) is 18.1 Å². The van der Waals surface area contributed by atoms with Crippen molar-refractivity contribution in [2.24, 2.45) is 0 Å². The Bertz CT molecular complexity index is 1030. The Balaban J connectivity index is 1.79. The first kappa shape index (κ1) is 24.7. The Morgan fingerprint density at radius 3 is 2.00 bits per heavy atom. The highest BCUT2D eigenvalue weighted by atomic mass is 79.9. The van der Waals surface area contributed by atoms with E-state index in [0.717, 1.165) is 28.4 Å². The van der Waals surface area contributed by atoms with Gasteiger partial charge in [-0.1, -0.05) is 77.0 Å². The molecule has 2 aromatic carbocycles. The van der Waals surface area contributed by atoms with Crippen molar-refractivity contribution in [2.45, 2.75) is 83.6 Å². The first-order valence-corrected chi connectivity index (χ1v) is 14.5. The molecule has 176 valence electrons. The normalized spacial score (nSPS) is 23.8. The summed E-state index contributed by atoms with van der Waals surface area (Å²) in [6.07, 6.45) is 4.62. The van der Waals surface area contributed by atoms with Crippen LogP contribution in [0.25, 0.3) is 0 Å². The molecule has 1 heterocycles. The highest BCUT2D eigenvalue weighted by Crippen LogP contribution is 2.63. The van der Waals surface area contributed by atoms with Crippen LogP contribution in [0.3, 0.4) is 0 Å². The van der Waals surface area contributed by atoms with Gasteiger partial charge in [0.25, 0.3) is 7.59 Å². The Morgan fingerprint density at radius 2 is 1.45 bits per heavy atom. The molecule has 2 aromatic rings. The minimum absolute atomic E-state index is 0.180. The Kier molecular flexibility index (Phi) is 7.83. The molecule has 33 heavy (non-hydrogen) atoms. The lowest BCUT2D eigenvalue weighted by Gasteiger charge is -2.37. The maximum Gasteiger partial charge on any atom is 0.286 e. The van der Waals surface area contributed by atoms with E-state index in [9.17, 15) is 0 Å². The van der Waals surface area contributed by atoms with Gasteiger partial charge in [-0.2, -0.15) is 0 Å². The van der Waals surface area contributed by atoms with Gasteiger partial charge in [0.1, 0.15) is 6.04 Å². The van der Waals surface area contributed by atoms with Crippen molar-refractivity contribution in [1.29, 1.82) is 0 Å². The van der Waals surface area contributed by atoms with E-state index in [0.29, 0.717) is 12.1 Å². The lowest BCUT2D eigenvalue weighted by molar-refractivity contribution is 0.173. The monoisotopic (exact) mass is 527 g/mol. The van der Waals surface area contributed by atoms with Crippen LogP contribution in [0, 0.1) is 11.8 Å². The molecule has 4 nitrogen and oxygen atoms in total. The summed E-state index contributed by atoms with van der Waals surface area (Å²) in [7, 11) is -3.08. The second-order valence-electron chi connectivity index (χ2n) is 9.63. The van der Waals surface area contributed by atoms with Crippen LogP contribution in [0.5, 0.6) is 0 Å². The summed E-state index contributed by atoms with van der Waals surface area (Å²) in [5.41, 5.74) is 1.97. The van der Waals surface area contributed by atoms with Crippen LogP contribution in [0.15, 0.2) is 59.1 Å². The van der Waals surface area contributed by atoms with Gasteiger partial charge >= 0.3 is 0 Å². The molecule has 2 fully saturated rings. The van der Waals surface area contributed by atoms with Crippen molar-refractivity contribution in [3.63, 3.8) is 0 Å². The number of rotatable bonds is 5. The Labute approximate surface area is 207 Å². The molecule has 1 saturated carbocycles. The van der Waals surface area contributed by atoms with Gasteiger partial charge in [-0.3, -0.25) is 4.57 Å². The summed E-state index contributed by atoms with van der Waals surface area (Å²) in [6, 6.07) is 18.8. The summed E-state index contributed by atoms with van der Waals surface area (Å²) < 4.78 is 20.7. The van der Waals surface area contributed by atoms with Crippen molar-refractivity contribution in [1.82, 2.24) is 14.4 Å². The largest absolute Gasteiger partial charge is 0.286 e. The number of nitrogens with one attached hydrogen (secondary N) is 1. The molecule has 0 radical (unpaired) electrons. The SMILES string of the molecule is CC(C)N1[C@@H]2CCCC[C@H]2N(C(C)C)P1(=O)N[C@@H](C#Cc1ccccc1)c1ccccc1Br. The lowest BCUT2D eigenvalue weighted by atomic mass is 9.89. The topological polar surface area (TPSA) is 35.6 Å². The van der Waals surface area contributed by atoms with Crippen molar-refractivity contribution in [3.8, 4) is 11.8 Å². The van der Waals surface area contributed by atoms with Gasteiger partial charge in [0.05, 0.1) is 0 Å². The van der Waals surface area contributed by atoms with E-state index in [4.69, 9.17) is 0 Å². The fourth-order valence-corrected chi connectivity index (χ4v) is 9.64. The maximum atomic E-state index is 15.1. The second kappa shape index (κ2) is 10.5. The predicted molar refractivity (Wildman–Crippen MR) is 141 cm³/mol. The zero-order valence-corrected chi connectivity index (χ0v) is 22.5. The number of fused-ring (bicyclic) bond motifs is 1. The highest BCUT2D eigenvalue weighted by molar-refractivity contribution is 9.10. The fraction of sp³-hybridized carbons (Fsp3) is 0.481. The molecule has 0 amide bonds. The number of hydrogen-bond acceptors (Lipinski definition) is 1. The van der Waals surface area contributed by atoms with Gasteiger partial charge in [0.15, 0.2) is 0 Å². The molecule has 0 unspecified atom stereocenters. The van der Waals surface area contributed by atoms with E-state index >= 15 is 4.57 Å². The highest BCUT2D eigenvalue weighted by Gasteiger charge is 2.57. The third-order valence-electron chi connectivity index (χ3n) is 6.71. The second-order valence-corrected chi connectivity index (χ2v) is 12.8. The van der Waals surface area contributed by atoms with Crippen molar-refractivity contribution < 1.29 is 4.57 Å². The standard InChI is InChI=1S/C27H35BrN3OP/c1-20(2)30-26-16-10-11-17-27(26)31(21(3)4)33(30,32)29-25(23-14-8-9-15-24(23)28)19-18-22-12-6-5-7-13-22/h5-9,12-15,20-21,25-27H,10-11,16-17H2,1-4H3,(H,29,32)/t25-,26+,27+/m0/s1. The zero-order chi connectivity index (χ0) is 23.6. The lowest BCUT2D eigenvalue weighted by Crippen LogP contribution is -2.43. The van der Waals surface area contributed by atoms with Gasteiger partial charge in [0.2, 0.25) is 0 Å². The molecule has 0 aromatic heterocycles. The molecule has 4 rings (SSSR count). The average Bonchev–Trinajstić information content (AvgIpc) is 3.06. The summed E-state index contributed by atoms with van der Waals surface area (Å²) in [5, 5.41) is 3.64.